The van der Waals surface area contributed by atoms with Crippen LogP contribution >= 0.6 is 11.8 Å². The molecule has 1 saturated heterocycles. The highest BCUT2D eigenvalue weighted by Crippen LogP contribution is 2.23. The largest absolute Gasteiger partial charge is 0.388 e. The van der Waals surface area contributed by atoms with E-state index in [1.807, 2.05) is 36.4 Å². The van der Waals surface area contributed by atoms with Crippen molar-refractivity contribution in [1.82, 2.24) is 5.32 Å². The third kappa shape index (κ3) is 5.51. The topological polar surface area (TPSA) is 52.6 Å². The number of hydrogen-bond donors (Lipinski definition) is 2. The molecule has 2 aromatic rings. The van der Waals surface area contributed by atoms with Crippen LogP contribution in [0, 0.1) is 5.92 Å². The summed E-state index contributed by atoms with van der Waals surface area (Å²) >= 11 is 1.47. The third-order valence-corrected chi connectivity index (χ3v) is 5.71. The zero-order valence-electron chi connectivity index (χ0n) is 14.9. The molecule has 2 atom stereocenters. The van der Waals surface area contributed by atoms with Crippen LogP contribution in [0.3, 0.4) is 0 Å². The molecule has 1 aliphatic heterocycles. The number of rotatable bonds is 8. The van der Waals surface area contributed by atoms with Crippen LogP contribution < -0.4 is 10.2 Å². The summed E-state index contributed by atoms with van der Waals surface area (Å²) in [5.74, 6) is 1.47. The maximum Gasteiger partial charge on any atom is 0.230 e. The Morgan fingerprint density at radius 2 is 1.85 bits per heavy atom. The molecule has 0 aromatic heterocycles. The van der Waals surface area contributed by atoms with Crippen molar-refractivity contribution in [3.63, 3.8) is 0 Å². The van der Waals surface area contributed by atoms with E-state index in [-0.39, 0.29) is 5.91 Å². The third-order valence-electron chi connectivity index (χ3n) is 4.69. The summed E-state index contributed by atoms with van der Waals surface area (Å²) in [4.78, 5) is 14.4. The number of carbonyl (C=O) groups excluding carboxylic acids is 1. The van der Waals surface area contributed by atoms with Crippen molar-refractivity contribution in [3.05, 3.63) is 66.2 Å². The number of amides is 1. The van der Waals surface area contributed by atoms with Gasteiger partial charge in [-0.15, -0.1) is 11.8 Å². The van der Waals surface area contributed by atoms with Crippen LogP contribution in [0.25, 0.3) is 0 Å². The molecule has 1 amide bonds. The molecule has 5 heteroatoms. The van der Waals surface area contributed by atoms with Gasteiger partial charge in [-0.05, 0) is 30.0 Å². The van der Waals surface area contributed by atoms with Gasteiger partial charge in [-0.3, -0.25) is 4.79 Å². The monoisotopic (exact) mass is 370 g/mol. The van der Waals surface area contributed by atoms with Crippen molar-refractivity contribution in [2.24, 2.45) is 5.92 Å². The molecule has 3 rings (SSSR count). The predicted octanol–water partition coefficient (Wildman–Crippen LogP) is 3.10. The highest BCUT2D eigenvalue weighted by Gasteiger charge is 2.22. The first-order valence-electron chi connectivity index (χ1n) is 9.10. The molecular weight excluding hydrogens is 344 g/mol. The maximum absolute atomic E-state index is 12.0. The Bertz CT molecular complexity index is 681. The van der Waals surface area contributed by atoms with E-state index in [2.05, 4.69) is 34.5 Å². The zero-order valence-corrected chi connectivity index (χ0v) is 15.7. The van der Waals surface area contributed by atoms with E-state index < -0.39 is 6.10 Å². The van der Waals surface area contributed by atoms with Gasteiger partial charge in [0.05, 0.1) is 11.9 Å². The number of hydrogen-bond acceptors (Lipinski definition) is 4. The van der Waals surface area contributed by atoms with E-state index in [9.17, 15) is 9.90 Å². The molecule has 1 aliphatic rings. The van der Waals surface area contributed by atoms with Gasteiger partial charge in [-0.2, -0.15) is 0 Å². The molecule has 0 aliphatic carbocycles. The fourth-order valence-corrected chi connectivity index (χ4v) is 4.04. The number of nitrogens with one attached hydrogen (secondary N) is 1. The van der Waals surface area contributed by atoms with Gasteiger partial charge >= 0.3 is 0 Å². The van der Waals surface area contributed by atoms with Crippen molar-refractivity contribution in [2.45, 2.75) is 12.5 Å². The maximum atomic E-state index is 12.0. The van der Waals surface area contributed by atoms with Gasteiger partial charge in [-0.25, -0.2) is 0 Å². The van der Waals surface area contributed by atoms with E-state index in [0.29, 0.717) is 17.4 Å². The zero-order chi connectivity index (χ0) is 18.2. The lowest BCUT2D eigenvalue weighted by Crippen LogP contribution is -2.32. The average Bonchev–Trinajstić information content (AvgIpc) is 3.17. The number of aliphatic hydroxyl groups excluding tert-OH is 1. The lowest BCUT2D eigenvalue weighted by atomic mass is 10.1. The van der Waals surface area contributed by atoms with Crippen molar-refractivity contribution < 1.29 is 9.90 Å². The van der Waals surface area contributed by atoms with Crippen LogP contribution in [0.5, 0.6) is 0 Å². The van der Waals surface area contributed by atoms with Crippen molar-refractivity contribution in [1.29, 1.82) is 0 Å². The Hall–Kier alpha value is -1.98. The van der Waals surface area contributed by atoms with Crippen LogP contribution in [-0.2, 0) is 4.79 Å². The van der Waals surface area contributed by atoms with Gasteiger partial charge in [0.1, 0.15) is 0 Å². The average molecular weight is 371 g/mol. The second-order valence-corrected chi connectivity index (χ2v) is 7.71. The van der Waals surface area contributed by atoms with Crippen LogP contribution in [-0.4, -0.2) is 42.2 Å². The number of aliphatic hydroxyl groups is 1. The van der Waals surface area contributed by atoms with Crippen LogP contribution in [0.2, 0.25) is 0 Å². The summed E-state index contributed by atoms with van der Waals surface area (Å²) in [6.07, 6.45) is 0.581. The van der Waals surface area contributed by atoms with Gasteiger partial charge in [0.2, 0.25) is 5.91 Å². The van der Waals surface area contributed by atoms with E-state index in [0.717, 1.165) is 31.6 Å². The Morgan fingerprint density at radius 1 is 1.15 bits per heavy atom. The van der Waals surface area contributed by atoms with Gasteiger partial charge in [0, 0.05) is 31.1 Å². The second-order valence-electron chi connectivity index (χ2n) is 6.68. The Balaban J connectivity index is 1.32. The molecule has 2 N–H and O–H groups in total. The number of nitrogens with zero attached hydrogens (tertiary/aromatic N) is 1. The minimum absolute atomic E-state index is 0.0495. The fraction of sp³-hybridized carbons (Fsp3) is 0.381. The minimum Gasteiger partial charge on any atom is -0.388 e. The highest BCUT2D eigenvalue weighted by atomic mass is 32.2. The number of anilines is 1. The molecule has 4 nitrogen and oxygen atoms in total. The van der Waals surface area contributed by atoms with Crippen LogP contribution in [0.15, 0.2) is 60.7 Å². The molecule has 0 saturated carbocycles. The molecule has 1 heterocycles. The van der Waals surface area contributed by atoms with Crippen LogP contribution in [0.1, 0.15) is 18.1 Å². The SMILES string of the molecule is O=C(CSCC(O)c1ccccc1)NCC1CCN(c2ccccc2)C1. The molecule has 26 heavy (non-hydrogen) atoms. The van der Waals surface area contributed by atoms with Crippen LogP contribution in [0.4, 0.5) is 5.69 Å². The summed E-state index contributed by atoms with van der Waals surface area (Å²) in [6, 6.07) is 20.0. The van der Waals surface area contributed by atoms with Crippen molar-refractivity contribution in [2.75, 3.05) is 36.0 Å². The number of para-hydroxylation sites is 1. The number of benzene rings is 2. The molecule has 2 unspecified atom stereocenters. The summed E-state index contributed by atoms with van der Waals surface area (Å²) < 4.78 is 0. The van der Waals surface area contributed by atoms with Crippen molar-refractivity contribution >= 4 is 23.4 Å². The lowest BCUT2D eigenvalue weighted by molar-refractivity contribution is -0.118. The van der Waals surface area contributed by atoms with Gasteiger partial charge in [0.25, 0.3) is 0 Å². The van der Waals surface area contributed by atoms with Crippen molar-refractivity contribution in [3.8, 4) is 0 Å². The first-order valence-corrected chi connectivity index (χ1v) is 10.3. The van der Waals surface area contributed by atoms with Gasteiger partial charge < -0.3 is 15.3 Å². The first kappa shape index (κ1) is 18.8. The number of carbonyl (C=O) groups is 1. The molecular formula is C21H26N2O2S. The first-order chi connectivity index (χ1) is 12.7. The summed E-state index contributed by atoms with van der Waals surface area (Å²) in [7, 11) is 0. The second kappa shape index (κ2) is 9.64. The normalized spacial score (nSPS) is 17.9. The summed E-state index contributed by atoms with van der Waals surface area (Å²) in [5, 5.41) is 13.2. The standard InChI is InChI=1S/C21H26N2O2S/c24-20(18-7-3-1-4-8-18)15-26-16-21(25)22-13-17-11-12-23(14-17)19-9-5-2-6-10-19/h1-10,17,20,24H,11-16H2,(H,22,25). The Labute approximate surface area is 159 Å². The summed E-state index contributed by atoms with van der Waals surface area (Å²) in [6.45, 7) is 2.76. The highest BCUT2D eigenvalue weighted by molar-refractivity contribution is 7.99. The molecule has 138 valence electrons. The Morgan fingerprint density at radius 3 is 2.58 bits per heavy atom. The molecule has 0 spiro atoms. The number of thioether (sulfide) groups is 1. The van der Waals surface area contributed by atoms with E-state index in [4.69, 9.17) is 0 Å². The minimum atomic E-state index is -0.525. The van der Waals surface area contributed by atoms with Gasteiger partial charge in [0.15, 0.2) is 0 Å². The predicted molar refractivity (Wildman–Crippen MR) is 108 cm³/mol. The van der Waals surface area contributed by atoms with E-state index in [1.54, 1.807) is 0 Å². The fourth-order valence-electron chi connectivity index (χ4n) is 3.22. The summed E-state index contributed by atoms with van der Waals surface area (Å²) in [5.41, 5.74) is 2.15. The smallest absolute Gasteiger partial charge is 0.230 e. The molecule has 2 aromatic carbocycles. The molecule has 0 bridgehead atoms. The quantitative estimate of drug-likeness (QED) is 0.750. The molecule has 1 fully saturated rings. The molecule has 0 radical (unpaired) electrons. The lowest BCUT2D eigenvalue weighted by Gasteiger charge is -2.18. The van der Waals surface area contributed by atoms with Gasteiger partial charge in [-0.1, -0.05) is 48.5 Å². The van der Waals surface area contributed by atoms with E-state index >= 15 is 0 Å². The Kier molecular flexibility index (Phi) is 6.97. The van der Waals surface area contributed by atoms with E-state index in [1.165, 1.54) is 17.4 Å².